The number of hydrogen-bond acceptors (Lipinski definition) is 3. The zero-order valence-corrected chi connectivity index (χ0v) is 12.9. The quantitative estimate of drug-likeness (QED) is 0.827. The van der Waals surface area contributed by atoms with Crippen molar-refractivity contribution >= 4 is 11.8 Å². The van der Waals surface area contributed by atoms with E-state index in [4.69, 9.17) is 4.74 Å². The molecular weight excluding hydrogens is 242 g/mol. The van der Waals surface area contributed by atoms with E-state index in [9.17, 15) is 0 Å². The third-order valence-electron chi connectivity index (χ3n) is 4.75. The molecule has 106 valence electrons. The first-order valence-electron chi connectivity index (χ1n) is 7.73. The molecular formula is C15H29NOS. The maximum Gasteiger partial charge on any atom is 0.0713 e. The Morgan fingerprint density at radius 1 is 1.28 bits per heavy atom. The Morgan fingerprint density at radius 3 is 2.67 bits per heavy atom. The maximum absolute atomic E-state index is 6.14. The molecule has 0 bridgehead atoms. The number of thioether (sulfide) groups is 1. The molecule has 2 saturated heterocycles. The molecule has 1 atom stereocenters. The SMILES string of the molecule is CCC(CC)CNC1CCOC2(CCSCC2)C1. The van der Waals surface area contributed by atoms with Crippen molar-refractivity contribution < 1.29 is 4.74 Å². The molecule has 2 aliphatic rings. The highest BCUT2D eigenvalue weighted by atomic mass is 32.2. The Morgan fingerprint density at radius 2 is 2.00 bits per heavy atom. The second kappa shape index (κ2) is 7.16. The van der Waals surface area contributed by atoms with Crippen molar-refractivity contribution in [1.82, 2.24) is 5.32 Å². The van der Waals surface area contributed by atoms with Gasteiger partial charge in [-0.3, -0.25) is 0 Å². The lowest BCUT2D eigenvalue weighted by Gasteiger charge is -2.43. The van der Waals surface area contributed by atoms with E-state index >= 15 is 0 Å². The molecule has 0 aromatic carbocycles. The standard InChI is InChI=1S/C15H29NOS/c1-3-13(4-2)12-16-14-5-8-17-15(11-14)6-9-18-10-7-15/h13-14,16H,3-12H2,1-2H3. The number of nitrogens with one attached hydrogen (secondary N) is 1. The number of rotatable bonds is 5. The molecule has 0 aliphatic carbocycles. The van der Waals surface area contributed by atoms with E-state index in [1.165, 1.54) is 56.6 Å². The lowest BCUT2D eigenvalue weighted by molar-refractivity contribution is -0.0934. The van der Waals surface area contributed by atoms with Crippen LogP contribution in [0.2, 0.25) is 0 Å². The molecule has 18 heavy (non-hydrogen) atoms. The van der Waals surface area contributed by atoms with Crippen LogP contribution in [0.15, 0.2) is 0 Å². The predicted molar refractivity (Wildman–Crippen MR) is 80.3 cm³/mol. The van der Waals surface area contributed by atoms with Gasteiger partial charge in [0.1, 0.15) is 0 Å². The van der Waals surface area contributed by atoms with Crippen LogP contribution in [0.4, 0.5) is 0 Å². The molecule has 1 N–H and O–H groups in total. The minimum absolute atomic E-state index is 0.231. The minimum Gasteiger partial charge on any atom is -0.375 e. The van der Waals surface area contributed by atoms with E-state index < -0.39 is 0 Å². The first kappa shape index (κ1) is 14.7. The van der Waals surface area contributed by atoms with Crippen LogP contribution < -0.4 is 5.32 Å². The van der Waals surface area contributed by atoms with Gasteiger partial charge >= 0.3 is 0 Å². The Bertz CT molecular complexity index is 231. The van der Waals surface area contributed by atoms with Gasteiger partial charge in [-0.1, -0.05) is 26.7 Å². The van der Waals surface area contributed by atoms with Crippen molar-refractivity contribution in [3.8, 4) is 0 Å². The molecule has 2 fully saturated rings. The smallest absolute Gasteiger partial charge is 0.0713 e. The summed E-state index contributed by atoms with van der Waals surface area (Å²) in [6.45, 7) is 6.77. The van der Waals surface area contributed by atoms with Crippen molar-refractivity contribution in [1.29, 1.82) is 0 Å². The zero-order chi connectivity index (χ0) is 12.8. The van der Waals surface area contributed by atoms with Crippen LogP contribution in [-0.4, -0.2) is 36.3 Å². The fourth-order valence-corrected chi connectivity index (χ4v) is 4.44. The van der Waals surface area contributed by atoms with Crippen molar-refractivity contribution in [2.24, 2.45) is 5.92 Å². The van der Waals surface area contributed by atoms with Crippen LogP contribution in [0.25, 0.3) is 0 Å². The van der Waals surface area contributed by atoms with Crippen LogP contribution in [0.3, 0.4) is 0 Å². The molecule has 0 aromatic heterocycles. The number of ether oxygens (including phenoxy) is 1. The molecule has 0 amide bonds. The Kier molecular flexibility index (Phi) is 5.84. The third-order valence-corrected chi connectivity index (χ3v) is 5.73. The average Bonchev–Trinajstić information content (AvgIpc) is 2.41. The molecule has 2 nitrogen and oxygen atoms in total. The summed E-state index contributed by atoms with van der Waals surface area (Å²) in [4.78, 5) is 0. The van der Waals surface area contributed by atoms with Gasteiger partial charge in [0.05, 0.1) is 5.60 Å². The Labute approximate surface area is 117 Å². The van der Waals surface area contributed by atoms with E-state index in [2.05, 4.69) is 30.9 Å². The first-order chi connectivity index (χ1) is 8.78. The zero-order valence-electron chi connectivity index (χ0n) is 12.0. The van der Waals surface area contributed by atoms with E-state index in [0.717, 1.165) is 12.5 Å². The predicted octanol–water partition coefficient (Wildman–Crippen LogP) is 3.46. The molecule has 2 rings (SSSR count). The van der Waals surface area contributed by atoms with Crippen LogP contribution in [0.5, 0.6) is 0 Å². The maximum atomic E-state index is 6.14. The molecule has 0 radical (unpaired) electrons. The Hall–Kier alpha value is 0.270. The van der Waals surface area contributed by atoms with Gasteiger partial charge in [-0.05, 0) is 49.7 Å². The van der Waals surface area contributed by atoms with Crippen molar-refractivity contribution in [2.75, 3.05) is 24.7 Å². The van der Waals surface area contributed by atoms with Gasteiger partial charge in [-0.15, -0.1) is 0 Å². The summed E-state index contributed by atoms with van der Waals surface area (Å²) in [7, 11) is 0. The molecule has 3 heteroatoms. The van der Waals surface area contributed by atoms with E-state index in [0.29, 0.717) is 6.04 Å². The summed E-state index contributed by atoms with van der Waals surface area (Å²) in [6, 6.07) is 0.697. The topological polar surface area (TPSA) is 21.3 Å². The second-order valence-corrected chi connectivity index (χ2v) is 7.15. The van der Waals surface area contributed by atoms with Gasteiger partial charge in [-0.25, -0.2) is 0 Å². The number of hydrogen-bond donors (Lipinski definition) is 1. The Balaban J connectivity index is 1.79. The van der Waals surface area contributed by atoms with Gasteiger partial charge in [0.2, 0.25) is 0 Å². The van der Waals surface area contributed by atoms with Crippen molar-refractivity contribution in [3.05, 3.63) is 0 Å². The molecule has 1 spiro atoms. The fraction of sp³-hybridized carbons (Fsp3) is 1.00. The van der Waals surface area contributed by atoms with Crippen molar-refractivity contribution in [2.45, 2.75) is 64.0 Å². The molecule has 2 aliphatic heterocycles. The summed E-state index contributed by atoms with van der Waals surface area (Å²) in [5, 5.41) is 3.81. The third kappa shape index (κ3) is 3.88. The summed E-state index contributed by atoms with van der Waals surface area (Å²) in [5.41, 5.74) is 0.231. The van der Waals surface area contributed by atoms with E-state index in [-0.39, 0.29) is 5.60 Å². The lowest BCUT2D eigenvalue weighted by atomic mass is 9.85. The fourth-order valence-electron chi connectivity index (χ4n) is 3.20. The van der Waals surface area contributed by atoms with E-state index in [1.54, 1.807) is 0 Å². The highest BCUT2D eigenvalue weighted by Crippen LogP contribution is 2.37. The van der Waals surface area contributed by atoms with Gasteiger partial charge in [0.25, 0.3) is 0 Å². The highest BCUT2D eigenvalue weighted by Gasteiger charge is 2.38. The largest absolute Gasteiger partial charge is 0.375 e. The van der Waals surface area contributed by atoms with Gasteiger partial charge < -0.3 is 10.1 Å². The summed E-state index contributed by atoms with van der Waals surface area (Å²) < 4.78 is 6.14. The summed E-state index contributed by atoms with van der Waals surface area (Å²) in [6.07, 6.45) is 7.58. The molecule has 2 heterocycles. The van der Waals surface area contributed by atoms with Crippen LogP contribution in [0, 0.1) is 5.92 Å². The second-order valence-electron chi connectivity index (χ2n) is 5.92. The first-order valence-corrected chi connectivity index (χ1v) is 8.88. The highest BCUT2D eigenvalue weighted by molar-refractivity contribution is 7.99. The van der Waals surface area contributed by atoms with Crippen LogP contribution in [0.1, 0.15) is 52.4 Å². The summed E-state index contributed by atoms with van der Waals surface area (Å²) in [5.74, 6) is 3.43. The lowest BCUT2D eigenvalue weighted by Crippen LogP contribution is -2.49. The van der Waals surface area contributed by atoms with Gasteiger partial charge in [0.15, 0.2) is 0 Å². The van der Waals surface area contributed by atoms with Crippen LogP contribution in [-0.2, 0) is 4.74 Å². The molecule has 0 saturated carbocycles. The van der Waals surface area contributed by atoms with E-state index in [1.807, 2.05) is 0 Å². The summed E-state index contributed by atoms with van der Waals surface area (Å²) >= 11 is 2.09. The van der Waals surface area contributed by atoms with Gasteiger partial charge in [0, 0.05) is 12.6 Å². The van der Waals surface area contributed by atoms with Crippen molar-refractivity contribution in [3.63, 3.8) is 0 Å². The minimum atomic E-state index is 0.231. The molecule has 0 aromatic rings. The normalized spacial score (nSPS) is 27.8. The average molecular weight is 271 g/mol. The van der Waals surface area contributed by atoms with Gasteiger partial charge in [-0.2, -0.15) is 11.8 Å². The van der Waals surface area contributed by atoms with Crippen LogP contribution >= 0.6 is 11.8 Å². The molecule has 1 unspecified atom stereocenters. The monoisotopic (exact) mass is 271 g/mol.